The Morgan fingerprint density at radius 1 is 1.11 bits per heavy atom. The van der Waals surface area contributed by atoms with Crippen LogP contribution in [0.4, 0.5) is 5.95 Å². The predicted molar refractivity (Wildman–Crippen MR) is 184 cm³/mol. The molecule has 1 aromatic heterocycles. The molecule has 1 saturated heterocycles. The first-order valence-electron chi connectivity index (χ1n) is 18.3. The third-order valence-electron chi connectivity index (χ3n) is 15.8. The number of aromatic nitrogens is 4. The number of hydrogen-bond acceptors (Lipinski definition) is 8. The van der Waals surface area contributed by atoms with Gasteiger partial charge in [-0.05, 0) is 96.5 Å². The van der Waals surface area contributed by atoms with Gasteiger partial charge in [-0.1, -0.05) is 79.1 Å². The van der Waals surface area contributed by atoms with E-state index in [9.17, 15) is 4.79 Å². The van der Waals surface area contributed by atoms with Crippen molar-refractivity contribution in [1.29, 1.82) is 0 Å². The number of nitrogen functional groups attached to an aromatic ring is 1. The maximum absolute atomic E-state index is 13.6. The number of carbonyl (C=O) groups is 1. The summed E-state index contributed by atoms with van der Waals surface area (Å²) < 4.78 is 13.6. The zero-order chi connectivity index (χ0) is 34.5. The molecule has 264 valence electrons. The molecule has 12 atom stereocenters. The van der Waals surface area contributed by atoms with Gasteiger partial charge in [-0.3, -0.25) is 4.79 Å². The molecule has 6 N–H and O–H groups in total. The van der Waals surface area contributed by atoms with Crippen molar-refractivity contribution < 1.29 is 14.3 Å². The smallest absolute Gasteiger partial charge is 0.260 e. The van der Waals surface area contributed by atoms with Gasteiger partial charge in [0, 0.05) is 22.3 Å². The van der Waals surface area contributed by atoms with Crippen molar-refractivity contribution in [2.45, 2.75) is 125 Å². The Balaban J connectivity index is 1.44. The maximum Gasteiger partial charge on any atom is 0.260 e. The molecule has 0 radical (unpaired) electrons. The number of allylic oxidation sites excluding steroid dienone is 1. The summed E-state index contributed by atoms with van der Waals surface area (Å²) in [5, 5.41) is 13.1. The van der Waals surface area contributed by atoms with Crippen molar-refractivity contribution in [3.05, 3.63) is 11.6 Å². The number of hydrogen-bond donors (Lipinski definition) is 3. The third-order valence-corrected chi connectivity index (χ3v) is 15.8. The Labute approximate surface area is 282 Å². The van der Waals surface area contributed by atoms with E-state index in [4.69, 9.17) is 26.7 Å². The van der Waals surface area contributed by atoms with Crippen LogP contribution in [-0.2, 0) is 14.3 Å². The fraction of sp³-hybridized carbons (Fsp3) is 0.892. The zero-order valence-electron chi connectivity index (χ0n) is 30.8. The van der Waals surface area contributed by atoms with Gasteiger partial charge in [0.25, 0.3) is 5.95 Å². The quantitative estimate of drug-likeness (QED) is 0.309. The molecule has 2 heterocycles. The van der Waals surface area contributed by atoms with E-state index in [1.807, 2.05) is 0 Å². The van der Waals surface area contributed by atoms with E-state index in [2.05, 4.69) is 90.7 Å². The highest BCUT2D eigenvalue weighted by atomic mass is 16.5. The van der Waals surface area contributed by atoms with Crippen molar-refractivity contribution in [2.75, 3.05) is 25.6 Å². The van der Waals surface area contributed by atoms with Gasteiger partial charge in [-0.25, -0.2) is 0 Å². The molecule has 3 saturated carbocycles. The average Bonchev–Trinajstić information content (AvgIpc) is 3.42. The van der Waals surface area contributed by atoms with Gasteiger partial charge < -0.3 is 26.7 Å². The first-order chi connectivity index (χ1) is 21.8. The number of nitrogens with zero attached hydrogens (tertiary/aromatic N) is 4. The van der Waals surface area contributed by atoms with Gasteiger partial charge in [0.1, 0.15) is 6.04 Å². The summed E-state index contributed by atoms with van der Waals surface area (Å²) >= 11 is 0. The van der Waals surface area contributed by atoms with Crippen LogP contribution in [0.3, 0.4) is 0 Å². The molecule has 10 nitrogen and oxygen atoms in total. The molecule has 10 heteroatoms. The minimum Gasteiger partial charge on any atom is -0.380 e. The lowest BCUT2D eigenvalue weighted by Gasteiger charge is -2.71. The van der Waals surface area contributed by atoms with Gasteiger partial charge in [0.2, 0.25) is 5.91 Å². The van der Waals surface area contributed by atoms with Crippen LogP contribution < -0.4 is 17.2 Å². The van der Waals surface area contributed by atoms with E-state index in [0.717, 1.165) is 38.5 Å². The summed E-state index contributed by atoms with van der Waals surface area (Å²) in [7, 11) is 0. The molecule has 1 aliphatic heterocycles. The Kier molecular flexibility index (Phi) is 8.32. The maximum atomic E-state index is 13.6. The van der Waals surface area contributed by atoms with Gasteiger partial charge in [-0.15, -0.1) is 5.10 Å². The Morgan fingerprint density at radius 3 is 2.40 bits per heavy atom. The lowest BCUT2D eigenvalue weighted by atomic mass is 9.34. The monoisotopic (exact) mass is 653 g/mol. The molecular weight excluding hydrogens is 590 g/mol. The number of fused-ring (bicyclic) bond motifs is 3. The molecule has 0 spiro atoms. The highest BCUT2D eigenvalue weighted by molar-refractivity contribution is 5.79. The van der Waals surface area contributed by atoms with Crippen molar-refractivity contribution >= 4 is 11.9 Å². The standard InChI is InChI=1S/C37H63N7O3/c1-21(2)23(5)32(6)15-16-34(8)24-11-12-27-33(7)18-46-20-37(27,25(24)13-14-35(34,9)28(32)30(38)45)17-26(44-42-31(39)41-43-44)29(33)47-19-36(10,40)22(3)4/h13,21-24,26-29H,11-12,14-20,40H2,1-10H3,(H2,38,45)(H2,39,42)/t23-,24+,26-,27+,28-,29+,32-,33-,34-,35+,36-,37+/m1/s1. The minimum absolute atomic E-state index is 0.0715. The van der Waals surface area contributed by atoms with Crippen molar-refractivity contribution in [3.63, 3.8) is 0 Å². The molecule has 0 unspecified atom stereocenters. The van der Waals surface area contributed by atoms with E-state index in [1.165, 1.54) is 5.57 Å². The van der Waals surface area contributed by atoms with Crippen LogP contribution >= 0.6 is 0 Å². The fourth-order valence-corrected chi connectivity index (χ4v) is 12.0. The van der Waals surface area contributed by atoms with Crippen molar-refractivity contribution in [3.8, 4) is 0 Å². The average molecular weight is 654 g/mol. The van der Waals surface area contributed by atoms with Crippen LogP contribution in [0.1, 0.15) is 114 Å². The summed E-state index contributed by atoms with van der Waals surface area (Å²) in [5.41, 5.74) is 19.4. The second-order valence-electron chi connectivity index (χ2n) is 18.5. The molecule has 4 aliphatic carbocycles. The summed E-state index contributed by atoms with van der Waals surface area (Å²) in [6.45, 7) is 24.5. The SMILES string of the molecule is CC(C)[C@@H](C)[C@@]1(C)CC[C@]2(C)[C@H]3CC[C@@H]4[C@@]5(COC[C@@]4(C)[C@@H](OC[C@@](C)(N)C(C)C)[C@H](n4nnc(N)n4)C5)C3=CC[C@@]2(C)[C@@H]1C(N)=O. The van der Waals surface area contributed by atoms with E-state index in [1.54, 1.807) is 4.80 Å². The number of carbonyl (C=O) groups excluding carboxylic acids is 1. The first-order valence-corrected chi connectivity index (χ1v) is 18.3. The molecule has 4 fully saturated rings. The van der Waals surface area contributed by atoms with E-state index < -0.39 is 5.54 Å². The molecule has 0 aromatic carbocycles. The van der Waals surface area contributed by atoms with Crippen molar-refractivity contribution in [1.82, 2.24) is 20.2 Å². The summed E-state index contributed by atoms with van der Waals surface area (Å²) in [6.07, 6.45) is 8.21. The lowest BCUT2D eigenvalue weighted by molar-refractivity contribution is -0.253. The number of ether oxygens (including phenoxy) is 2. The largest absolute Gasteiger partial charge is 0.380 e. The molecule has 47 heavy (non-hydrogen) atoms. The molecule has 1 amide bonds. The molecular formula is C37H63N7O3. The number of rotatable bonds is 8. The summed E-state index contributed by atoms with van der Waals surface area (Å²) in [6, 6.07) is -0.173. The topological polar surface area (TPSA) is 157 Å². The Morgan fingerprint density at radius 2 is 1.81 bits per heavy atom. The van der Waals surface area contributed by atoms with Crippen LogP contribution in [0.25, 0.3) is 0 Å². The van der Waals surface area contributed by atoms with Crippen LogP contribution in [0, 0.1) is 62.6 Å². The van der Waals surface area contributed by atoms with E-state index >= 15 is 0 Å². The van der Waals surface area contributed by atoms with Crippen molar-refractivity contribution in [2.24, 2.45) is 74.0 Å². The third kappa shape index (κ3) is 4.80. The number of tetrazole rings is 1. The number of nitrogens with two attached hydrogens (primary N) is 3. The van der Waals surface area contributed by atoms with Gasteiger partial charge in [-0.2, -0.15) is 4.80 Å². The highest BCUT2D eigenvalue weighted by Gasteiger charge is 2.71. The summed E-state index contributed by atoms with van der Waals surface area (Å²) in [5.74, 6) is 1.66. The number of primary amides is 1. The molecule has 6 rings (SSSR count). The first kappa shape index (κ1) is 34.8. The Bertz CT molecular complexity index is 1410. The Hall–Kier alpha value is -2.04. The fourth-order valence-electron chi connectivity index (χ4n) is 12.0. The highest BCUT2D eigenvalue weighted by Crippen LogP contribution is 2.75. The molecule has 2 bridgehead atoms. The summed E-state index contributed by atoms with van der Waals surface area (Å²) in [4.78, 5) is 15.4. The normalized spacial score (nSPS) is 45.0. The second-order valence-corrected chi connectivity index (χ2v) is 18.5. The minimum atomic E-state index is -0.484. The van der Waals surface area contributed by atoms with Gasteiger partial charge in [0.15, 0.2) is 0 Å². The number of amides is 1. The second kappa shape index (κ2) is 11.2. The van der Waals surface area contributed by atoms with Crippen LogP contribution in [0.15, 0.2) is 11.6 Å². The van der Waals surface area contributed by atoms with Gasteiger partial charge >= 0.3 is 0 Å². The van der Waals surface area contributed by atoms with E-state index in [-0.39, 0.29) is 62.9 Å². The molecule has 1 aromatic rings. The zero-order valence-corrected chi connectivity index (χ0v) is 30.8. The van der Waals surface area contributed by atoms with E-state index in [0.29, 0.717) is 43.5 Å². The predicted octanol–water partition coefficient (Wildman–Crippen LogP) is 5.54. The van der Waals surface area contributed by atoms with Crippen LogP contribution in [-0.4, -0.2) is 57.6 Å². The van der Waals surface area contributed by atoms with Gasteiger partial charge in [0.05, 0.1) is 25.9 Å². The number of anilines is 1. The lowest BCUT2D eigenvalue weighted by Crippen LogP contribution is -2.69. The van der Waals surface area contributed by atoms with Crippen LogP contribution in [0.2, 0.25) is 0 Å². The van der Waals surface area contributed by atoms with Crippen LogP contribution in [0.5, 0.6) is 0 Å². The molecule has 5 aliphatic rings.